The third kappa shape index (κ3) is 3.08. The van der Waals surface area contributed by atoms with Gasteiger partial charge in [-0.15, -0.1) is 11.3 Å². The molecular formula is C15H16ClN3O2S. The minimum atomic E-state index is -0.0427. The molecule has 1 aliphatic heterocycles. The van der Waals surface area contributed by atoms with Gasteiger partial charge in [-0.05, 0) is 18.9 Å². The molecule has 0 saturated carbocycles. The van der Waals surface area contributed by atoms with Crippen molar-refractivity contribution < 1.29 is 9.59 Å². The van der Waals surface area contributed by atoms with Crippen molar-refractivity contribution in [2.24, 2.45) is 7.05 Å². The fourth-order valence-corrected chi connectivity index (χ4v) is 3.66. The maximum Gasteiger partial charge on any atom is 0.255 e. The SMILES string of the molecule is Cn1cc(C(=O)C[C@H]2CCCN2C(=O)c2csc(Cl)c2)cn1. The van der Waals surface area contributed by atoms with Crippen molar-refractivity contribution in [1.29, 1.82) is 0 Å². The molecule has 2 aromatic rings. The number of Topliss-reactive ketones (excluding diaryl/α,β-unsaturated/α-hetero) is 1. The summed E-state index contributed by atoms with van der Waals surface area (Å²) in [6.45, 7) is 0.692. The summed E-state index contributed by atoms with van der Waals surface area (Å²) >= 11 is 7.24. The van der Waals surface area contributed by atoms with Crippen molar-refractivity contribution in [1.82, 2.24) is 14.7 Å². The Labute approximate surface area is 137 Å². The van der Waals surface area contributed by atoms with Gasteiger partial charge in [0.15, 0.2) is 5.78 Å². The Morgan fingerprint density at radius 3 is 2.91 bits per heavy atom. The molecule has 0 aromatic carbocycles. The minimum absolute atomic E-state index is 0.0288. The van der Waals surface area contributed by atoms with Crippen LogP contribution in [0.15, 0.2) is 23.8 Å². The van der Waals surface area contributed by atoms with Gasteiger partial charge in [-0.25, -0.2) is 0 Å². The van der Waals surface area contributed by atoms with E-state index in [4.69, 9.17) is 11.6 Å². The van der Waals surface area contributed by atoms with Gasteiger partial charge in [-0.1, -0.05) is 11.6 Å². The number of amides is 1. The van der Waals surface area contributed by atoms with Crippen molar-refractivity contribution in [2.75, 3.05) is 6.54 Å². The van der Waals surface area contributed by atoms with E-state index in [0.717, 1.165) is 12.8 Å². The third-order valence-electron chi connectivity index (χ3n) is 3.90. The lowest BCUT2D eigenvalue weighted by molar-refractivity contribution is 0.0717. The number of nitrogens with zero attached hydrogens (tertiary/aromatic N) is 3. The molecule has 22 heavy (non-hydrogen) atoms. The van der Waals surface area contributed by atoms with Crippen molar-refractivity contribution in [3.63, 3.8) is 0 Å². The zero-order valence-electron chi connectivity index (χ0n) is 12.2. The van der Waals surface area contributed by atoms with Crippen LogP contribution in [0.25, 0.3) is 0 Å². The van der Waals surface area contributed by atoms with E-state index in [1.54, 1.807) is 40.5 Å². The number of aromatic nitrogens is 2. The molecule has 3 heterocycles. The molecule has 5 nitrogen and oxygen atoms in total. The summed E-state index contributed by atoms with van der Waals surface area (Å²) in [5.41, 5.74) is 1.20. The molecule has 0 unspecified atom stereocenters. The number of rotatable bonds is 4. The molecule has 0 aliphatic carbocycles. The highest BCUT2D eigenvalue weighted by Crippen LogP contribution is 2.27. The summed E-state index contributed by atoms with van der Waals surface area (Å²) in [7, 11) is 1.78. The minimum Gasteiger partial charge on any atom is -0.335 e. The van der Waals surface area contributed by atoms with E-state index in [0.29, 0.717) is 28.4 Å². The maximum atomic E-state index is 12.5. The molecule has 0 radical (unpaired) electrons. The first-order valence-electron chi connectivity index (χ1n) is 7.11. The van der Waals surface area contributed by atoms with Gasteiger partial charge in [-0.3, -0.25) is 14.3 Å². The van der Waals surface area contributed by atoms with E-state index >= 15 is 0 Å². The van der Waals surface area contributed by atoms with Crippen LogP contribution in [-0.4, -0.2) is 39.0 Å². The topological polar surface area (TPSA) is 55.2 Å². The average Bonchev–Trinajstić information content (AvgIpc) is 3.19. The second-order valence-corrected chi connectivity index (χ2v) is 7.01. The van der Waals surface area contributed by atoms with Crippen LogP contribution < -0.4 is 0 Å². The fourth-order valence-electron chi connectivity index (χ4n) is 2.80. The Kier molecular flexibility index (Phi) is 4.31. The number of thiophene rings is 1. The highest BCUT2D eigenvalue weighted by Gasteiger charge is 2.31. The number of ketones is 1. The van der Waals surface area contributed by atoms with Crippen LogP contribution in [0.4, 0.5) is 0 Å². The van der Waals surface area contributed by atoms with E-state index < -0.39 is 0 Å². The average molecular weight is 338 g/mol. The summed E-state index contributed by atoms with van der Waals surface area (Å²) in [4.78, 5) is 26.6. The molecule has 2 aromatic heterocycles. The zero-order chi connectivity index (χ0) is 15.7. The molecule has 1 amide bonds. The largest absolute Gasteiger partial charge is 0.335 e. The Balaban J connectivity index is 1.70. The first kappa shape index (κ1) is 15.2. The smallest absolute Gasteiger partial charge is 0.255 e. The molecule has 116 valence electrons. The van der Waals surface area contributed by atoms with Crippen LogP contribution in [0.1, 0.15) is 40.0 Å². The van der Waals surface area contributed by atoms with E-state index in [-0.39, 0.29) is 17.7 Å². The van der Waals surface area contributed by atoms with Crippen LogP contribution in [0.2, 0.25) is 4.34 Å². The van der Waals surface area contributed by atoms with Gasteiger partial charge in [-0.2, -0.15) is 5.10 Å². The zero-order valence-corrected chi connectivity index (χ0v) is 13.7. The number of hydrogen-bond acceptors (Lipinski definition) is 4. The summed E-state index contributed by atoms with van der Waals surface area (Å²) in [6.07, 6.45) is 5.41. The van der Waals surface area contributed by atoms with Crippen molar-refractivity contribution in [3.05, 3.63) is 39.3 Å². The predicted octanol–water partition coefficient (Wildman–Crippen LogP) is 3.01. The van der Waals surface area contributed by atoms with Gasteiger partial charge < -0.3 is 4.90 Å². The molecule has 3 rings (SSSR count). The van der Waals surface area contributed by atoms with Gasteiger partial charge in [0.2, 0.25) is 0 Å². The number of halogens is 1. The second-order valence-electron chi connectivity index (χ2n) is 5.46. The molecule has 0 N–H and O–H groups in total. The van der Waals surface area contributed by atoms with Gasteiger partial charge in [0, 0.05) is 37.6 Å². The first-order chi connectivity index (χ1) is 10.5. The Morgan fingerprint density at radius 1 is 1.45 bits per heavy atom. The van der Waals surface area contributed by atoms with Gasteiger partial charge in [0.25, 0.3) is 5.91 Å². The van der Waals surface area contributed by atoms with Crippen molar-refractivity contribution in [2.45, 2.75) is 25.3 Å². The molecular weight excluding hydrogens is 322 g/mol. The molecule has 0 spiro atoms. The van der Waals surface area contributed by atoms with Crippen LogP contribution in [-0.2, 0) is 7.05 Å². The van der Waals surface area contributed by atoms with E-state index in [9.17, 15) is 9.59 Å². The second kappa shape index (κ2) is 6.22. The predicted molar refractivity (Wildman–Crippen MR) is 85.5 cm³/mol. The lowest BCUT2D eigenvalue weighted by Crippen LogP contribution is -2.36. The molecule has 1 atom stereocenters. The fraction of sp³-hybridized carbons (Fsp3) is 0.400. The molecule has 1 aliphatic rings. The van der Waals surface area contributed by atoms with Crippen LogP contribution in [0, 0.1) is 0 Å². The summed E-state index contributed by atoms with van der Waals surface area (Å²) < 4.78 is 2.21. The highest BCUT2D eigenvalue weighted by atomic mass is 35.5. The van der Waals surface area contributed by atoms with Gasteiger partial charge in [0.1, 0.15) is 0 Å². The van der Waals surface area contributed by atoms with Crippen LogP contribution >= 0.6 is 22.9 Å². The monoisotopic (exact) mass is 337 g/mol. The van der Waals surface area contributed by atoms with Crippen molar-refractivity contribution in [3.8, 4) is 0 Å². The normalized spacial score (nSPS) is 17.9. The molecule has 0 bridgehead atoms. The van der Waals surface area contributed by atoms with Crippen LogP contribution in [0.5, 0.6) is 0 Å². The van der Waals surface area contributed by atoms with Gasteiger partial charge >= 0.3 is 0 Å². The number of carbonyl (C=O) groups excluding carboxylic acids is 2. The number of hydrogen-bond donors (Lipinski definition) is 0. The molecule has 7 heteroatoms. The Bertz CT molecular complexity index is 709. The first-order valence-corrected chi connectivity index (χ1v) is 8.37. The third-order valence-corrected chi connectivity index (χ3v) is 4.99. The van der Waals surface area contributed by atoms with Gasteiger partial charge in [0.05, 0.1) is 21.7 Å². The number of aryl methyl sites for hydroxylation is 1. The molecule has 1 fully saturated rings. The Morgan fingerprint density at radius 2 is 2.27 bits per heavy atom. The lowest BCUT2D eigenvalue weighted by atomic mass is 10.0. The van der Waals surface area contributed by atoms with E-state index in [1.165, 1.54) is 11.3 Å². The summed E-state index contributed by atoms with van der Waals surface area (Å²) in [5.74, 6) is -0.00853. The number of likely N-dealkylation sites (tertiary alicyclic amines) is 1. The summed E-state index contributed by atoms with van der Waals surface area (Å²) in [6, 6.07) is 1.64. The van der Waals surface area contributed by atoms with Crippen molar-refractivity contribution >= 4 is 34.6 Å². The van der Waals surface area contributed by atoms with E-state index in [2.05, 4.69) is 5.10 Å². The number of carbonyl (C=O) groups is 2. The van der Waals surface area contributed by atoms with E-state index in [1.807, 2.05) is 0 Å². The van der Waals surface area contributed by atoms with Crippen LogP contribution in [0.3, 0.4) is 0 Å². The maximum absolute atomic E-state index is 12.5. The lowest BCUT2D eigenvalue weighted by Gasteiger charge is -2.23. The summed E-state index contributed by atoms with van der Waals surface area (Å²) in [5, 5.41) is 5.79. The Hall–Kier alpha value is -1.66. The standard InChI is InChI=1S/C15H16ClN3O2S/c1-18-8-11(7-17-18)13(20)6-12-3-2-4-19(12)15(21)10-5-14(16)22-9-10/h5,7-9,12H,2-4,6H2,1H3/t12-/m1/s1. The quantitative estimate of drug-likeness (QED) is 0.806. The molecule has 1 saturated heterocycles. The highest BCUT2D eigenvalue weighted by molar-refractivity contribution is 7.14.